The van der Waals surface area contributed by atoms with E-state index < -0.39 is 12.0 Å². The van der Waals surface area contributed by atoms with E-state index in [0.717, 1.165) is 16.4 Å². The molecule has 6 nitrogen and oxygen atoms in total. The second kappa shape index (κ2) is 9.92. The van der Waals surface area contributed by atoms with E-state index in [9.17, 15) is 9.59 Å². The Balaban J connectivity index is 2.00. The molecule has 1 N–H and O–H groups in total. The van der Waals surface area contributed by atoms with E-state index in [-0.39, 0.29) is 18.4 Å². The molecule has 3 rings (SSSR count). The number of carbonyl (C=O) groups excluding carboxylic acids is 2. The smallest absolute Gasteiger partial charge is 0.338 e. The Hall–Kier alpha value is -2.25. The zero-order valence-electron chi connectivity index (χ0n) is 18.4. The van der Waals surface area contributed by atoms with Crippen molar-refractivity contribution in [2.45, 2.75) is 53.2 Å². The molecule has 1 aromatic rings. The predicted octanol–water partition coefficient (Wildman–Crippen LogP) is 5.03. The summed E-state index contributed by atoms with van der Waals surface area (Å²) < 4.78 is 5.54. The number of nitrogens with zero attached hydrogens (tertiary/aromatic N) is 2. The molecule has 2 aliphatic rings. The lowest BCUT2D eigenvalue weighted by Crippen LogP contribution is -2.38. The third kappa shape index (κ3) is 5.33. The van der Waals surface area contributed by atoms with Gasteiger partial charge in [0.25, 0.3) is 0 Å². The van der Waals surface area contributed by atoms with E-state index in [1.807, 2.05) is 56.2 Å². The number of ether oxygens (including phenoxy) is 1. The molecule has 1 aromatic carbocycles. The molecule has 0 radical (unpaired) electrons. The molecule has 31 heavy (non-hydrogen) atoms. The van der Waals surface area contributed by atoms with Gasteiger partial charge < -0.3 is 15.0 Å². The molecule has 0 spiro atoms. The first kappa shape index (κ1) is 23.4. The number of carbonyl (C=O) groups is 2. The Kier molecular flexibility index (Phi) is 7.49. The van der Waals surface area contributed by atoms with Gasteiger partial charge in [0.2, 0.25) is 5.91 Å². The van der Waals surface area contributed by atoms with Crippen LogP contribution < -0.4 is 5.32 Å². The first-order valence-corrected chi connectivity index (χ1v) is 11.6. The molecule has 0 saturated heterocycles. The molecule has 0 aliphatic carbocycles. The fourth-order valence-corrected chi connectivity index (χ4v) is 4.65. The lowest BCUT2D eigenvalue weighted by molar-refractivity contribution is -0.143. The highest BCUT2D eigenvalue weighted by Crippen LogP contribution is 2.46. The Morgan fingerprint density at radius 1 is 1.26 bits per heavy atom. The predicted molar refractivity (Wildman–Crippen MR) is 126 cm³/mol. The van der Waals surface area contributed by atoms with Crippen LogP contribution in [0, 0.1) is 5.92 Å². The number of benzene rings is 1. The van der Waals surface area contributed by atoms with Crippen LogP contribution in [-0.4, -0.2) is 34.6 Å². The van der Waals surface area contributed by atoms with Crippen molar-refractivity contribution in [1.29, 1.82) is 0 Å². The Morgan fingerprint density at radius 2 is 1.97 bits per heavy atom. The SMILES string of the molecule is CC1=C(C(=O)OC(C)C)C(c2ccccc2Cl)N2C(CC(=O)NCC(C)C)=CSC2=N1. The maximum Gasteiger partial charge on any atom is 0.338 e. The summed E-state index contributed by atoms with van der Waals surface area (Å²) >= 11 is 8.00. The number of hydrogen-bond acceptors (Lipinski definition) is 6. The number of fused-ring (bicyclic) bond motifs is 1. The first-order chi connectivity index (χ1) is 14.7. The summed E-state index contributed by atoms with van der Waals surface area (Å²) in [6.07, 6.45) is -0.0829. The molecule has 1 atom stereocenters. The van der Waals surface area contributed by atoms with Crippen molar-refractivity contribution in [2.75, 3.05) is 6.54 Å². The van der Waals surface area contributed by atoms with Crippen LogP contribution in [0.5, 0.6) is 0 Å². The van der Waals surface area contributed by atoms with Crippen molar-refractivity contribution in [3.8, 4) is 0 Å². The van der Waals surface area contributed by atoms with Gasteiger partial charge in [0.15, 0.2) is 5.17 Å². The van der Waals surface area contributed by atoms with Crippen LogP contribution >= 0.6 is 23.4 Å². The van der Waals surface area contributed by atoms with Crippen LogP contribution in [0.4, 0.5) is 0 Å². The normalized spacial score (nSPS) is 18.2. The summed E-state index contributed by atoms with van der Waals surface area (Å²) in [5.41, 5.74) is 2.56. The van der Waals surface area contributed by atoms with E-state index in [2.05, 4.69) is 10.3 Å². The topological polar surface area (TPSA) is 71.0 Å². The van der Waals surface area contributed by atoms with Gasteiger partial charge in [-0.25, -0.2) is 9.79 Å². The zero-order valence-corrected chi connectivity index (χ0v) is 20.0. The fourth-order valence-electron chi connectivity index (χ4n) is 3.44. The summed E-state index contributed by atoms with van der Waals surface area (Å²) in [5, 5.41) is 6.13. The number of aliphatic imine (C=N–C) groups is 1. The monoisotopic (exact) mass is 461 g/mol. The van der Waals surface area contributed by atoms with Crippen molar-refractivity contribution in [2.24, 2.45) is 10.9 Å². The van der Waals surface area contributed by atoms with Gasteiger partial charge >= 0.3 is 5.97 Å². The molecule has 0 saturated carbocycles. The van der Waals surface area contributed by atoms with Crippen molar-refractivity contribution in [3.05, 3.63) is 57.2 Å². The van der Waals surface area contributed by atoms with E-state index in [4.69, 9.17) is 16.3 Å². The van der Waals surface area contributed by atoms with Gasteiger partial charge in [-0.05, 0) is 43.7 Å². The molecule has 2 aliphatic heterocycles. The molecule has 0 aromatic heterocycles. The molecule has 1 unspecified atom stereocenters. The minimum atomic E-state index is -0.522. The minimum Gasteiger partial charge on any atom is -0.459 e. The number of hydrogen-bond donors (Lipinski definition) is 1. The summed E-state index contributed by atoms with van der Waals surface area (Å²) in [6.45, 7) is 10.1. The number of halogens is 1. The van der Waals surface area contributed by atoms with Gasteiger partial charge in [-0.15, -0.1) is 0 Å². The summed E-state index contributed by atoms with van der Waals surface area (Å²) in [7, 11) is 0. The number of esters is 1. The number of nitrogens with one attached hydrogen (secondary N) is 1. The summed E-state index contributed by atoms with van der Waals surface area (Å²) in [4.78, 5) is 32.2. The molecule has 166 valence electrons. The van der Waals surface area contributed by atoms with E-state index in [1.54, 1.807) is 13.0 Å². The highest BCUT2D eigenvalue weighted by Gasteiger charge is 2.42. The lowest BCUT2D eigenvalue weighted by Gasteiger charge is -2.36. The first-order valence-electron chi connectivity index (χ1n) is 10.4. The van der Waals surface area contributed by atoms with Crippen molar-refractivity contribution >= 4 is 40.4 Å². The fraction of sp³-hybridized carbons (Fsp3) is 0.435. The number of amidine groups is 1. The van der Waals surface area contributed by atoms with Crippen LogP contribution in [0.3, 0.4) is 0 Å². The van der Waals surface area contributed by atoms with E-state index in [1.165, 1.54) is 11.8 Å². The van der Waals surface area contributed by atoms with E-state index in [0.29, 0.717) is 28.8 Å². The Bertz CT molecular complexity index is 969. The van der Waals surface area contributed by atoms with Gasteiger partial charge in [0, 0.05) is 17.3 Å². The van der Waals surface area contributed by atoms with Crippen molar-refractivity contribution in [3.63, 3.8) is 0 Å². The molecule has 1 amide bonds. The molecule has 8 heteroatoms. The highest BCUT2D eigenvalue weighted by molar-refractivity contribution is 8.16. The summed E-state index contributed by atoms with van der Waals surface area (Å²) in [5.74, 6) is -0.139. The molecule has 0 fully saturated rings. The standard InChI is InChI=1S/C23H28ClN3O3S/c1-13(2)11-25-19(28)10-16-12-31-23-26-15(5)20(22(29)30-14(3)4)21(27(16)23)17-8-6-7-9-18(17)24/h6-9,12-14,21H,10-11H2,1-5H3,(H,25,28). The highest BCUT2D eigenvalue weighted by atomic mass is 35.5. The largest absolute Gasteiger partial charge is 0.459 e. The van der Waals surface area contributed by atoms with E-state index >= 15 is 0 Å². The molecular weight excluding hydrogens is 434 g/mol. The molecular formula is C23H28ClN3O3S. The number of amides is 1. The number of allylic oxidation sites excluding steroid dienone is 1. The molecule has 0 bridgehead atoms. The average molecular weight is 462 g/mol. The number of thioether (sulfide) groups is 1. The second-order valence-corrected chi connectivity index (χ2v) is 9.49. The Morgan fingerprint density at radius 3 is 2.61 bits per heavy atom. The van der Waals surface area contributed by atoms with Crippen LogP contribution in [0.15, 0.2) is 51.6 Å². The number of rotatable bonds is 7. The minimum absolute atomic E-state index is 0.0720. The maximum atomic E-state index is 13.1. The van der Waals surface area contributed by atoms with Gasteiger partial charge in [-0.3, -0.25) is 4.79 Å². The van der Waals surface area contributed by atoms with Crippen LogP contribution in [0.2, 0.25) is 5.02 Å². The molecule has 2 heterocycles. The summed E-state index contributed by atoms with van der Waals surface area (Å²) in [6, 6.07) is 6.90. The zero-order chi connectivity index (χ0) is 22.7. The van der Waals surface area contributed by atoms with Crippen molar-refractivity contribution in [1.82, 2.24) is 10.2 Å². The maximum absolute atomic E-state index is 13.1. The van der Waals surface area contributed by atoms with Crippen LogP contribution in [0.25, 0.3) is 0 Å². The van der Waals surface area contributed by atoms with Gasteiger partial charge in [-0.1, -0.05) is 55.4 Å². The second-order valence-electron chi connectivity index (χ2n) is 8.24. The van der Waals surface area contributed by atoms with Gasteiger partial charge in [0.1, 0.15) is 0 Å². The van der Waals surface area contributed by atoms with Crippen molar-refractivity contribution < 1.29 is 14.3 Å². The van der Waals surface area contributed by atoms with Gasteiger partial charge in [-0.2, -0.15) is 0 Å². The third-order valence-corrected chi connectivity index (χ3v) is 6.05. The lowest BCUT2D eigenvalue weighted by atomic mass is 9.93. The van der Waals surface area contributed by atoms with Crippen LogP contribution in [0.1, 0.15) is 52.6 Å². The van der Waals surface area contributed by atoms with Crippen LogP contribution in [-0.2, 0) is 14.3 Å². The quantitative estimate of drug-likeness (QED) is 0.576. The average Bonchev–Trinajstić information content (AvgIpc) is 3.07. The third-order valence-electron chi connectivity index (χ3n) is 4.81. The van der Waals surface area contributed by atoms with Gasteiger partial charge in [0.05, 0.1) is 29.8 Å². The Labute approximate surface area is 192 Å².